The van der Waals surface area contributed by atoms with E-state index < -0.39 is 0 Å². The molecule has 1 aromatic heterocycles. The van der Waals surface area contributed by atoms with Crippen molar-refractivity contribution in [1.29, 1.82) is 0 Å². The first-order valence-corrected chi connectivity index (χ1v) is 7.88. The van der Waals surface area contributed by atoms with Crippen LogP contribution in [0.5, 0.6) is 0 Å². The highest BCUT2D eigenvalue weighted by atomic mass is 35.5. The third kappa shape index (κ3) is 4.75. The Morgan fingerprint density at radius 3 is 2.42 bits per heavy atom. The van der Waals surface area contributed by atoms with Gasteiger partial charge in [0, 0.05) is 12.1 Å². The van der Waals surface area contributed by atoms with E-state index in [0.717, 1.165) is 24.0 Å². The number of carbonyl (C=O) groups is 1. The first-order valence-electron chi connectivity index (χ1n) is 7.88. The molecule has 0 spiro atoms. The van der Waals surface area contributed by atoms with Crippen molar-refractivity contribution in [2.75, 3.05) is 6.54 Å². The number of benzene rings is 1. The fourth-order valence-corrected chi connectivity index (χ4v) is 2.36. The van der Waals surface area contributed by atoms with Crippen LogP contribution < -0.4 is 11.1 Å². The highest BCUT2D eigenvalue weighted by Gasteiger charge is 2.26. The number of hydrogen-bond acceptors (Lipinski definition) is 5. The Morgan fingerprint density at radius 1 is 1.25 bits per heavy atom. The molecule has 8 heteroatoms. The van der Waals surface area contributed by atoms with Crippen LogP contribution in [0.1, 0.15) is 32.3 Å². The average Bonchev–Trinajstić information content (AvgIpc) is 3.02. The molecule has 24 heavy (non-hydrogen) atoms. The SMILES string of the molecule is CCC(CC)(CN)NC(=O)Cn1nnc(-c2ccc(C)cc2)n1.Cl. The molecule has 0 radical (unpaired) electrons. The molecule has 0 fully saturated rings. The molecule has 0 aliphatic heterocycles. The molecule has 2 rings (SSSR count). The summed E-state index contributed by atoms with van der Waals surface area (Å²) in [5, 5.41) is 15.2. The Hall–Kier alpha value is -1.99. The second-order valence-electron chi connectivity index (χ2n) is 5.75. The monoisotopic (exact) mass is 352 g/mol. The number of aryl methyl sites for hydroxylation is 1. The lowest BCUT2D eigenvalue weighted by molar-refractivity contribution is -0.124. The maximum Gasteiger partial charge on any atom is 0.244 e. The molecule has 0 saturated carbocycles. The van der Waals surface area contributed by atoms with Crippen LogP contribution in [0, 0.1) is 6.92 Å². The van der Waals surface area contributed by atoms with Gasteiger partial charge in [-0.15, -0.1) is 22.6 Å². The fourth-order valence-electron chi connectivity index (χ4n) is 2.36. The van der Waals surface area contributed by atoms with Gasteiger partial charge in [-0.3, -0.25) is 4.79 Å². The number of tetrazole rings is 1. The van der Waals surface area contributed by atoms with Gasteiger partial charge in [-0.1, -0.05) is 43.7 Å². The largest absolute Gasteiger partial charge is 0.348 e. The van der Waals surface area contributed by atoms with Gasteiger partial charge in [-0.2, -0.15) is 4.80 Å². The Morgan fingerprint density at radius 2 is 1.88 bits per heavy atom. The van der Waals surface area contributed by atoms with Crippen LogP contribution in [-0.2, 0) is 11.3 Å². The lowest BCUT2D eigenvalue weighted by Gasteiger charge is -2.31. The number of nitrogens with zero attached hydrogens (tertiary/aromatic N) is 4. The summed E-state index contributed by atoms with van der Waals surface area (Å²) in [5.74, 6) is 0.348. The normalized spacial score (nSPS) is 11.0. The van der Waals surface area contributed by atoms with Gasteiger partial charge in [0.25, 0.3) is 0 Å². The maximum atomic E-state index is 12.2. The van der Waals surface area contributed by atoms with Crippen LogP contribution in [0.15, 0.2) is 24.3 Å². The van der Waals surface area contributed by atoms with Crippen molar-refractivity contribution >= 4 is 18.3 Å². The average molecular weight is 353 g/mol. The predicted octanol–water partition coefficient (Wildman–Crippen LogP) is 1.70. The Labute approximate surface area is 148 Å². The van der Waals surface area contributed by atoms with Crippen LogP contribution in [0.4, 0.5) is 0 Å². The molecule has 0 unspecified atom stereocenters. The van der Waals surface area contributed by atoms with E-state index in [-0.39, 0.29) is 30.4 Å². The molecule has 3 N–H and O–H groups in total. The van der Waals surface area contributed by atoms with Crippen LogP contribution in [0.2, 0.25) is 0 Å². The van der Waals surface area contributed by atoms with Crippen molar-refractivity contribution in [2.45, 2.75) is 45.7 Å². The minimum absolute atomic E-state index is 0. The molecule has 7 nitrogen and oxygen atoms in total. The smallest absolute Gasteiger partial charge is 0.244 e. The first kappa shape index (κ1) is 20.1. The summed E-state index contributed by atoms with van der Waals surface area (Å²) in [5.41, 5.74) is 7.47. The van der Waals surface area contributed by atoms with E-state index in [4.69, 9.17) is 5.73 Å². The zero-order valence-corrected chi connectivity index (χ0v) is 15.1. The second-order valence-corrected chi connectivity index (χ2v) is 5.75. The molecule has 0 aliphatic carbocycles. The summed E-state index contributed by atoms with van der Waals surface area (Å²) < 4.78 is 0. The quantitative estimate of drug-likeness (QED) is 0.790. The topological polar surface area (TPSA) is 98.7 Å². The molecule has 132 valence electrons. The summed E-state index contributed by atoms with van der Waals surface area (Å²) in [6.07, 6.45) is 1.57. The van der Waals surface area contributed by atoms with Crippen molar-refractivity contribution in [3.8, 4) is 11.4 Å². The second kappa shape index (κ2) is 8.75. The number of nitrogens with two attached hydrogens (primary N) is 1. The lowest BCUT2D eigenvalue weighted by Crippen LogP contribution is -2.53. The highest BCUT2D eigenvalue weighted by Crippen LogP contribution is 2.15. The summed E-state index contributed by atoms with van der Waals surface area (Å²) in [6, 6.07) is 7.84. The molecule has 1 aromatic carbocycles. The predicted molar refractivity (Wildman–Crippen MR) is 95.7 cm³/mol. The first-order chi connectivity index (χ1) is 11.0. The van der Waals surface area contributed by atoms with Gasteiger partial charge >= 0.3 is 0 Å². The minimum atomic E-state index is -0.364. The number of rotatable bonds is 7. The molecular formula is C16H25ClN6O. The van der Waals surface area contributed by atoms with E-state index in [2.05, 4.69) is 20.7 Å². The van der Waals surface area contributed by atoms with Crippen LogP contribution in [0.3, 0.4) is 0 Å². The number of amides is 1. The van der Waals surface area contributed by atoms with Gasteiger partial charge in [-0.05, 0) is 25.0 Å². The number of nitrogens with one attached hydrogen (secondary N) is 1. The van der Waals surface area contributed by atoms with Crippen molar-refractivity contribution < 1.29 is 4.79 Å². The van der Waals surface area contributed by atoms with E-state index in [9.17, 15) is 4.79 Å². The summed E-state index contributed by atoms with van der Waals surface area (Å²) in [4.78, 5) is 13.5. The summed E-state index contributed by atoms with van der Waals surface area (Å²) in [7, 11) is 0. The maximum absolute atomic E-state index is 12.2. The van der Waals surface area contributed by atoms with Crippen LogP contribution in [0.25, 0.3) is 11.4 Å². The number of hydrogen-bond donors (Lipinski definition) is 2. The van der Waals surface area contributed by atoms with Crippen LogP contribution >= 0.6 is 12.4 Å². The van der Waals surface area contributed by atoms with Crippen molar-refractivity contribution in [1.82, 2.24) is 25.5 Å². The van der Waals surface area contributed by atoms with Gasteiger partial charge < -0.3 is 11.1 Å². The third-order valence-electron chi connectivity index (χ3n) is 4.20. The molecule has 0 bridgehead atoms. The van der Waals surface area contributed by atoms with E-state index in [1.807, 2.05) is 45.0 Å². The van der Waals surface area contributed by atoms with Gasteiger partial charge in [0.1, 0.15) is 6.54 Å². The number of carbonyl (C=O) groups excluding carboxylic acids is 1. The van der Waals surface area contributed by atoms with Crippen LogP contribution in [-0.4, -0.2) is 38.2 Å². The number of aromatic nitrogens is 4. The minimum Gasteiger partial charge on any atom is -0.348 e. The molecular weight excluding hydrogens is 328 g/mol. The molecule has 0 aliphatic rings. The molecule has 0 saturated heterocycles. The highest BCUT2D eigenvalue weighted by molar-refractivity contribution is 5.85. The summed E-state index contributed by atoms with van der Waals surface area (Å²) >= 11 is 0. The standard InChI is InChI=1S/C16H24N6O.ClH/c1-4-16(5-2,11-17)18-14(23)10-22-20-15(19-21-22)13-8-6-12(3)7-9-13;/h6-9H,4-5,10-11,17H2,1-3H3,(H,18,23);1H. The van der Waals surface area contributed by atoms with E-state index >= 15 is 0 Å². The van der Waals surface area contributed by atoms with Gasteiger partial charge in [-0.25, -0.2) is 0 Å². The van der Waals surface area contributed by atoms with Crippen molar-refractivity contribution in [3.63, 3.8) is 0 Å². The lowest BCUT2D eigenvalue weighted by atomic mass is 9.93. The van der Waals surface area contributed by atoms with Crippen molar-refractivity contribution in [2.24, 2.45) is 5.73 Å². The van der Waals surface area contributed by atoms with Gasteiger partial charge in [0.15, 0.2) is 0 Å². The zero-order chi connectivity index (χ0) is 16.9. The van der Waals surface area contributed by atoms with Gasteiger partial charge in [0.05, 0.1) is 5.54 Å². The Bertz CT molecular complexity index is 643. The fraction of sp³-hybridized carbons (Fsp3) is 0.500. The molecule has 0 atom stereocenters. The van der Waals surface area contributed by atoms with E-state index in [1.165, 1.54) is 4.80 Å². The molecule has 1 amide bonds. The zero-order valence-electron chi connectivity index (χ0n) is 14.3. The van der Waals surface area contributed by atoms with Gasteiger partial charge in [0.2, 0.25) is 11.7 Å². The summed E-state index contributed by atoms with van der Waals surface area (Å²) in [6.45, 7) is 6.48. The third-order valence-corrected chi connectivity index (χ3v) is 4.20. The van der Waals surface area contributed by atoms with E-state index in [0.29, 0.717) is 12.4 Å². The molecule has 1 heterocycles. The molecule has 2 aromatic rings. The van der Waals surface area contributed by atoms with Crippen molar-refractivity contribution in [3.05, 3.63) is 29.8 Å². The number of halogens is 1. The Balaban J connectivity index is 0.00000288. The Kier molecular flexibility index (Phi) is 7.31. The van der Waals surface area contributed by atoms with E-state index in [1.54, 1.807) is 0 Å².